The zero-order valence-electron chi connectivity index (χ0n) is 16.6. The van der Waals surface area contributed by atoms with Crippen LogP contribution in [0.1, 0.15) is 83.1 Å². The fourth-order valence-corrected chi connectivity index (χ4v) is 4.09. The molecule has 0 amide bonds. The summed E-state index contributed by atoms with van der Waals surface area (Å²) in [5.41, 5.74) is 0.841. The summed E-state index contributed by atoms with van der Waals surface area (Å²) in [4.78, 5) is 0. The van der Waals surface area contributed by atoms with E-state index in [1.165, 1.54) is 51.4 Å². The topological polar surface area (TPSA) is 9.23 Å². The van der Waals surface area contributed by atoms with Crippen LogP contribution in [0.5, 0.6) is 5.75 Å². The summed E-state index contributed by atoms with van der Waals surface area (Å²) in [7, 11) is 0. The lowest BCUT2D eigenvalue weighted by Crippen LogP contribution is -2.15. The number of aryl methyl sites for hydroxylation is 1. The summed E-state index contributed by atoms with van der Waals surface area (Å²) in [6.45, 7) is 6.59. The molecule has 1 nitrogen and oxygen atoms in total. The quantitative estimate of drug-likeness (QED) is 0.277. The highest BCUT2D eigenvalue weighted by atomic mass is 19.1. The summed E-state index contributed by atoms with van der Waals surface area (Å²) in [5, 5.41) is 0. The summed E-state index contributed by atoms with van der Waals surface area (Å²) in [5.74, 6) is 2.26. The van der Waals surface area contributed by atoms with Gasteiger partial charge in [0.25, 0.3) is 0 Å². The van der Waals surface area contributed by atoms with Gasteiger partial charge in [-0.15, -0.1) is 6.58 Å². The molecule has 1 saturated carbocycles. The van der Waals surface area contributed by atoms with Crippen molar-refractivity contribution in [2.24, 2.45) is 11.8 Å². The van der Waals surface area contributed by atoms with Crippen molar-refractivity contribution in [3.05, 3.63) is 42.2 Å². The lowest BCUT2D eigenvalue weighted by Gasteiger charge is -2.28. The summed E-state index contributed by atoms with van der Waals surface area (Å²) in [6.07, 6.45) is 16.7. The molecule has 1 fully saturated rings. The van der Waals surface area contributed by atoms with Gasteiger partial charge in [-0.3, -0.25) is 0 Å². The molecule has 26 heavy (non-hydrogen) atoms. The Morgan fingerprint density at radius 1 is 1.08 bits per heavy atom. The summed E-state index contributed by atoms with van der Waals surface area (Å²) in [6, 6.07) is 5.37. The van der Waals surface area contributed by atoms with Crippen LogP contribution in [0.25, 0.3) is 0 Å². The van der Waals surface area contributed by atoms with Gasteiger partial charge in [0, 0.05) is 6.07 Å². The van der Waals surface area contributed by atoms with Crippen LogP contribution >= 0.6 is 0 Å². The maximum Gasteiger partial charge on any atom is 0.130 e. The minimum Gasteiger partial charge on any atom is -0.493 e. The van der Waals surface area contributed by atoms with Crippen LogP contribution in [0.2, 0.25) is 0 Å². The third-order valence-corrected chi connectivity index (χ3v) is 5.85. The monoisotopic (exact) mass is 360 g/mol. The second kappa shape index (κ2) is 12.1. The van der Waals surface area contributed by atoms with Crippen molar-refractivity contribution in [3.63, 3.8) is 0 Å². The van der Waals surface area contributed by atoms with E-state index in [1.807, 2.05) is 18.2 Å². The molecule has 1 aromatic rings. The molecule has 2 rings (SSSR count). The highest BCUT2D eigenvalue weighted by Gasteiger charge is 2.21. The van der Waals surface area contributed by atoms with E-state index in [1.54, 1.807) is 6.07 Å². The average Bonchev–Trinajstić information content (AvgIpc) is 2.66. The Morgan fingerprint density at radius 2 is 1.81 bits per heavy atom. The third kappa shape index (κ3) is 7.51. The van der Waals surface area contributed by atoms with Crippen molar-refractivity contribution in [1.82, 2.24) is 0 Å². The molecule has 0 saturated heterocycles. The van der Waals surface area contributed by atoms with Crippen LogP contribution in [-0.4, -0.2) is 6.61 Å². The minimum atomic E-state index is -0.112. The maximum absolute atomic E-state index is 14.3. The molecule has 0 bridgehead atoms. The molecule has 146 valence electrons. The molecule has 0 N–H and O–H groups in total. The highest BCUT2D eigenvalue weighted by Crippen LogP contribution is 2.34. The molecule has 0 atom stereocenters. The first-order valence-electron chi connectivity index (χ1n) is 10.7. The van der Waals surface area contributed by atoms with Gasteiger partial charge >= 0.3 is 0 Å². The van der Waals surface area contributed by atoms with E-state index in [0.29, 0.717) is 12.4 Å². The van der Waals surface area contributed by atoms with Gasteiger partial charge in [0.05, 0.1) is 6.61 Å². The van der Waals surface area contributed by atoms with Crippen LogP contribution in [0.15, 0.2) is 30.9 Å². The van der Waals surface area contributed by atoms with E-state index < -0.39 is 0 Å². The Hall–Kier alpha value is -1.31. The standard InChI is InChI=1S/C24H37FO/c1-3-5-7-9-20-10-12-21(13-11-20)14-15-22-16-17-23(19-24(22)25)26-18-8-6-4-2/h4,16-17,19-21H,2-3,5-15,18H2,1H3. The Bertz CT molecular complexity index is 517. The largest absolute Gasteiger partial charge is 0.493 e. The second-order valence-corrected chi connectivity index (χ2v) is 7.95. The van der Waals surface area contributed by atoms with Crippen LogP contribution in [-0.2, 0) is 6.42 Å². The van der Waals surface area contributed by atoms with E-state index in [-0.39, 0.29) is 5.82 Å². The Morgan fingerprint density at radius 3 is 2.46 bits per heavy atom. The molecule has 0 heterocycles. The number of benzene rings is 1. The van der Waals surface area contributed by atoms with Gasteiger partial charge in [-0.25, -0.2) is 4.39 Å². The first-order valence-corrected chi connectivity index (χ1v) is 10.7. The molecule has 1 aliphatic rings. The predicted molar refractivity (Wildman–Crippen MR) is 109 cm³/mol. The van der Waals surface area contributed by atoms with Crippen LogP contribution in [0, 0.1) is 17.7 Å². The van der Waals surface area contributed by atoms with E-state index in [9.17, 15) is 4.39 Å². The van der Waals surface area contributed by atoms with Crippen LogP contribution in [0.4, 0.5) is 4.39 Å². The molecular weight excluding hydrogens is 323 g/mol. The number of unbranched alkanes of at least 4 members (excludes halogenated alkanes) is 3. The van der Waals surface area contributed by atoms with Gasteiger partial charge in [-0.2, -0.15) is 0 Å². The minimum absolute atomic E-state index is 0.112. The maximum atomic E-state index is 14.3. The Kier molecular flexibility index (Phi) is 9.81. The number of ether oxygens (including phenoxy) is 1. The first-order chi connectivity index (χ1) is 12.7. The van der Waals surface area contributed by atoms with Crippen LogP contribution < -0.4 is 4.74 Å². The summed E-state index contributed by atoms with van der Waals surface area (Å²) < 4.78 is 19.9. The van der Waals surface area contributed by atoms with E-state index in [2.05, 4.69) is 13.5 Å². The Balaban J connectivity index is 1.68. The molecule has 0 unspecified atom stereocenters. The fourth-order valence-electron chi connectivity index (χ4n) is 4.09. The molecule has 1 aromatic carbocycles. The highest BCUT2D eigenvalue weighted by molar-refractivity contribution is 5.29. The summed E-state index contributed by atoms with van der Waals surface area (Å²) >= 11 is 0. The molecule has 1 aliphatic carbocycles. The van der Waals surface area contributed by atoms with E-state index >= 15 is 0 Å². The van der Waals surface area contributed by atoms with Gasteiger partial charge in [0.2, 0.25) is 0 Å². The number of rotatable bonds is 12. The van der Waals surface area contributed by atoms with Crippen molar-refractivity contribution < 1.29 is 9.13 Å². The van der Waals surface area contributed by atoms with Gasteiger partial charge in [-0.1, -0.05) is 70.4 Å². The van der Waals surface area contributed by atoms with Crippen molar-refractivity contribution in [2.45, 2.75) is 84.0 Å². The second-order valence-electron chi connectivity index (χ2n) is 7.95. The van der Waals surface area contributed by atoms with Crippen molar-refractivity contribution >= 4 is 0 Å². The van der Waals surface area contributed by atoms with E-state index in [4.69, 9.17) is 4.74 Å². The average molecular weight is 361 g/mol. The van der Waals surface area contributed by atoms with Crippen molar-refractivity contribution in [2.75, 3.05) is 6.61 Å². The zero-order chi connectivity index (χ0) is 18.6. The number of hydrogen-bond acceptors (Lipinski definition) is 1. The lowest BCUT2D eigenvalue weighted by molar-refractivity contribution is 0.248. The molecule has 0 radical (unpaired) electrons. The lowest BCUT2D eigenvalue weighted by atomic mass is 9.78. The first kappa shape index (κ1) is 21.0. The van der Waals surface area contributed by atoms with Gasteiger partial charge in [-0.05, 0) is 49.1 Å². The van der Waals surface area contributed by atoms with Gasteiger partial charge in [0.1, 0.15) is 11.6 Å². The normalized spacial score (nSPS) is 20.1. The Labute approximate surface area is 160 Å². The number of allylic oxidation sites excluding steroid dienone is 1. The SMILES string of the molecule is C=CCCCOc1ccc(CCC2CCC(CCCCC)CC2)c(F)c1. The smallest absolute Gasteiger partial charge is 0.130 e. The third-order valence-electron chi connectivity index (χ3n) is 5.85. The zero-order valence-corrected chi connectivity index (χ0v) is 16.6. The number of halogens is 1. The van der Waals surface area contributed by atoms with Crippen molar-refractivity contribution in [3.8, 4) is 5.75 Å². The number of hydrogen-bond donors (Lipinski definition) is 0. The fraction of sp³-hybridized carbons (Fsp3) is 0.667. The molecule has 0 aliphatic heterocycles. The van der Waals surface area contributed by atoms with E-state index in [0.717, 1.165) is 43.1 Å². The molecule has 0 spiro atoms. The predicted octanol–water partition coefficient (Wildman–Crippen LogP) is 7.49. The molecular formula is C24H37FO. The molecule has 2 heteroatoms. The van der Waals surface area contributed by atoms with Crippen LogP contribution in [0.3, 0.4) is 0 Å². The van der Waals surface area contributed by atoms with Gasteiger partial charge < -0.3 is 4.74 Å². The van der Waals surface area contributed by atoms with Crippen molar-refractivity contribution in [1.29, 1.82) is 0 Å². The van der Waals surface area contributed by atoms with Gasteiger partial charge in [0.15, 0.2) is 0 Å². The molecule has 0 aromatic heterocycles.